The highest BCUT2D eigenvalue weighted by atomic mass is 19.3. The van der Waals surface area contributed by atoms with E-state index in [1.165, 1.54) is 0 Å². The lowest BCUT2D eigenvalue weighted by Gasteiger charge is -2.41. The van der Waals surface area contributed by atoms with Gasteiger partial charge in [0.1, 0.15) is 11.9 Å². The van der Waals surface area contributed by atoms with E-state index < -0.39 is 70.8 Å². The van der Waals surface area contributed by atoms with Crippen LogP contribution in [0.4, 0.5) is 27.6 Å². The van der Waals surface area contributed by atoms with Crippen LogP contribution in [0, 0.1) is 21.8 Å². The molecule has 0 amide bonds. The summed E-state index contributed by atoms with van der Waals surface area (Å²) in [7, 11) is 0. The third kappa shape index (κ3) is 2.95. The third-order valence-electron chi connectivity index (χ3n) is 4.52. The number of alkyl halides is 4. The molecule has 6 nitrogen and oxygen atoms in total. The Morgan fingerprint density at radius 2 is 2.00 bits per heavy atom. The van der Waals surface area contributed by atoms with Crippen LogP contribution in [0.2, 0.25) is 0 Å². The van der Waals surface area contributed by atoms with Crippen LogP contribution in [-0.4, -0.2) is 29.4 Å². The number of hydrogen-bond donors (Lipinski definition) is 1. The van der Waals surface area contributed by atoms with Crippen molar-refractivity contribution < 1.29 is 31.6 Å². The summed E-state index contributed by atoms with van der Waals surface area (Å²) in [6.07, 6.45) is -6.74. The quantitative estimate of drug-likeness (QED) is 0.492. The average molecular weight is 381 g/mol. The molecule has 1 aliphatic heterocycles. The van der Waals surface area contributed by atoms with Gasteiger partial charge in [-0.05, 0) is 6.07 Å². The first kappa shape index (κ1) is 19.9. The first-order chi connectivity index (χ1) is 11.6. The number of halogens is 5. The maximum absolute atomic E-state index is 14.3. The molecule has 2 N–H and O–H groups in total. The van der Waals surface area contributed by atoms with Crippen molar-refractivity contribution in [1.29, 1.82) is 0 Å². The van der Waals surface area contributed by atoms with Crippen LogP contribution in [0.1, 0.15) is 25.8 Å². The second-order valence-corrected chi connectivity index (χ2v) is 6.02. The monoisotopic (exact) mass is 381 g/mol. The highest BCUT2D eigenvalue weighted by molar-refractivity contribution is 5.73. The molecule has 1 aromatic rings. The Labute approximate surface area is 145 Å². The fourth-order valence-corrected chi connectivity index (χ4v) is 3.50. The number of nitrogens with zero attached hydrogens (tertiary/aromatic N) is 2. The molecule has 1 aromatic carbocycles. The van der Waals surface area contributed by atoms with Crippen LogP contribution < -0.4 is 5.73 Å². The lowest BCUT2D eigenvalue weighted by molar-refractivity contribution is -0.385. The topological polar surface area (TPSA) is 90.8 Å². The lowest BCUT2D eigenvalue weighted by Crippen LogP contribution is -2.51. The molecule has 1 fully saturated rings. The van der Waals surface area contributed by atoms with E-state index in [0.29, 0.717) is 12.1 Å². The van der Waals surface area contributed by atoms with E-state index in [2.05, 4.69) is 4.99 Å². The molecule has 11 heteroatoms. The van der Waals surface area contributed by atoms with E-state index >= 15 is 0 Å². The van der Waals surface area contributed by atoms with Crippen molar-refractivity contribution in [3.8, 4) is 0 Å². The van der Waals surface area contributed by atoms with E-state index in [1.54, 1.807) is 0 Å². The molecule has 1 heterocycles. The Bertz CT molecular complexity index is 758. The van der Waals surface area contributed by atoms with Gasteiger partial charge in [-0.25, -0.2) is 26.9 Å². The number of aliphatic imine (C=N–C) groups is 1. The predicted molar refractivity (Wildman–Crippen MR) is 81.6 cm³/mol. The number of nitro benzene ring substituents is 1. The Balaban J connectivity index is 0.00000243. The summed E-state index contributed by atoms with van der Waals surface area (Å²) >= 11 is 0. The van der Waals surface area contributed by atoms with Gasteiger partial charge in [-0.1, -0.05) is 7.43 Å². The lowest BCUT2D eigenvalue weighted by atomic mass is 9.75. The third-order valence-corrected chi connectivity index (χ3v) is 4.52. The Hall–Kier alpha value is -2.46. The van der Waals surface area contributed by atoms with E-state index in [1.807, 2.05) is 0 Å². The van der Waals surface area contributed by atoms with Crippen molar-refractivity contribution >= 4 is 11.7 Å². The van der Waals surface area contributed by atoms with E-state index in [4.69, 9.17) is 10.5 Å². The van der Waals surface area contributed by atoms with Crippen molar-refractivity contribution in [3.05, 3.63) is 39.7 Å². The number of amidine groups is 1. The summed E-state index contributed by atoms with van der Waals surface area (Å²) < 4.78 is 74.9. The van der Waals surface area contributed by atoms with Crippen LogP contribution in [0.5, 0.6) is 0 Å². The molecule has 1 saturated carbocycles. The van der Waals surface area contributed by atoms with Gasteiger partial charge >= 0.3 is 0 Å². The molecular weight excluding hydrogens is 365 g/mol. The molecule has 2 aliphatic rings. The number of non-ortho nitro benzene ring substituents is 1. The van der Waals surface area contributed by atoms with Gasteiger partial charge in [0.15, 0.2) is 5.54 Å². The first-order valence-electron chi connectivity index (χ1n) is 7.19. The Morgan fingerprint density at radius 1 is 1.35 bits per heavy atom. The summed E-state index contributed by atoms with van der Waals surface area (Å²) in [5, 5.41) is 10.9. The van der Waals surface area contributed by atoms with Crippen LogP contribution in [0.25, 0.3) is 0 Å². The highest BCUT2D eigenvalue weighted by Gasteiger charge is 2.63. The van der Waals surface area contributed by atoms with Gasteiger partial charge in [0.05, 0.1) is 4.92 Å². The number of fused-ring (bicyclic) bond motifs is 1. The minimum Gasteiger partial charge on any atom is -0.461 e. The molecule has 26 heavy (non-hydrogen) atoms. The Morgan fingerprint density at radius 3 is 2.58 bits per heavy atom. The van der Waals surface area contributed by atoms with Crippen molar-refractivity contribution in [2.24, 2.45) is 16.6 Å². The minimum atomic E-state index is -3.44. The normalized spacial score (nSPS) is 29.4. The molecule has 0 unspecified atom stereocenters. The summed E-state index contributed by atoms with van der Waals surface area (Å²) in [5.41, 5.74) is 1.06. The van der Waals surface area contributed by atoms with Crippen molar-refractivity contribution in [1.82, 2.24) is 0 Å². The number of hydrogen-bond acceptors (Lipinski definition) is 5. The molecule has 0 bridgehead atoms. The molecule has 0 aromatic heterocycles. The zero-order valence-electron chi connectivity index (χ0n) is 12.5. The second-order valence-electron chi connectivity index (χ2n) is 6.02. The van der Waals surface area contributed by atoms with Crippen molar-refractivity contribution in [3.63, 3.8) is 0 Å². The molecule has 144 valence electrons. The predicted octanol–water partition coefficient (Wildman–Crippen LogP) is 3.59. The molecule has 0 radical (unpaired) electrons. The summed E-state index contributed by atoms with van der Waals surface area (Å²) in [4.78, 5) is 13.5. The number of nitrogens with two attached hydrogens (primary N) is 1. The molecule has 3 rings (SSSR count). The van der Waals surface area contributed by atoms with E-state index in [9.17, 15) is 32.1 Å². The van der Waals surface area contributed by atoms with E-state index in [0.717, 1.165) is 6.07 Å². The van der Waals surface area contributed by atoms with Gasteiger partial charge in [-0.2, -0.15) is 0 Å². The number of nitro groups is 1. The molecule has 3 atom stereocenters. The van der Waals surface area contributed by atoms with Gasteiger partial charge in [0.2, 0.25) is 0 Å². The fraction of sp³-hybridized carbons (Fsp3) is 0.533. The van der Waals surface area contributed by atoms with Crippen molar-refractivity contribution in [2.45, 2.75) is 44.3 Å². The second kappa shape index (κ2) is 6.36. The van der Waals surface area contributed by atoms with Gasteiger partial charge in [-0.3, -0.25) is 10.1 Å². The van der Waals surface area contributed by atoms with Crippen LogP contribution in [-0.2, 0) is 10.3 Å². The van der Waals surface area contributed by atoms with Crippen LogP contribution >= 0.6 is 0 Å². The first-order valence-corrected chi connectivity index (χ1v) is 7.19. The molecular formula is C15H16F5N3O3. The molecule has 0 spiro atoms. The van der Waals surface area contributed by atoms with E-state index in [-0.39, 0.29) is 7.43 Å². The Kier molecular flexibility index (Phi) is 4.86. The van der Waals surface area contributed by atoms with Crippen LogP contribution in [0.15, 0.2) is 23.2 Å². The zero-order valence-corrected chi connectivity index (χ0v) is 12.5. The SMILES string of the molecule is C.NC1=N[C@@](c2cc([N+](=O)[O-])ccc2F)(C(F)F)[C@H]2CC(F)(F)C[C@H]2O1. The van der Waals surface area contributed by atoms with Gasteiger partial charge < -0.3 is 10.5 Å². The molecule has 1 aliphatic carbocycles. The number of benzene rings is 1. The largest absolute Gasteiger partial charge is 0.461 e. The van der Waals surface area contributed by atoms with Crippen molar-refractivity contribution in [2.75, 3.05) is 0 Å². The van der Waals surface area contributed by atoms with Gasteiger partial charge in [0, 0.05) is 36.5 Å². The summed E-state index contributed by atoms with van der Waals surface area (Å²) in [5.74, 6) is -6.14. The van der Waals surface area contributed by atoms with Gasteiger partial charge in [-0.15, -0.1) is 0 Å². The zero-order chi connectivity index (χ0) is 18.6. The summed E-state index contributed by atoms with van der Waals surface area (Å²) in [6, 6.07) is 1.20. The summed E-state index contributed by atoms with van der Waals surface area (Å²) in [6.45, 7) is 0. The van der Waals surface area contributed by atoms with Gasteiger partial charge in [0.25, 0.3) is 24.1 Å². The smallest absolute Gasteiger partial charge is 0.283 e. The number of rotatable bonds is 3. The standard InChI is InChI=1S/C14H12F5N3O3.CH4/c15-9-2-1-6(22(23)24)3-7(9)14(11(16)17)8-4-13(18,19)5-10(8)25-12(20)21-14;/h1-3,8,10-11H,4-5H2,(H2,20,21);1H4/t8-,10+,14+;/m0./s1. The molecule has 0 saturated heterocycles. The van der Waals surface area contributed by atoms with Crippen LogP contribution in [0.3, 0.4) is 0 Å². The average Bonchev–Trinajstić information content (AvgIpc) is 2.80. The maximum atomic E-state index is 14.3. The maximum Gasteiger partial charge on any atom is 0.283 e. The fourth-order valence-electron chi connectivity index (χ4n) is 3.50. The minimum absolute atomic E-state index is 0. The number of ether oxygens (including phenoxy) is 1. The highest BCUT2D eigenvalue weighted by Crippen LogP contribution is 2.55.